The second kappa shape index (κ2) is 8.11. The number of hydrogen-bond donors (Lipinski definition) is 2. The third kappa shape index (κ3) is 5.03. The minimum absolute atomic E-state index is 0. The first kappa shape index (κ1) is 20.6. The summed E-state index contributed by atoms with van der Waals surface area (Å²) in [5.74, 6) is -0.537. The lowest BCUT2D eigenvalue weighted by atomic mass is 9.81. The molecule has 0 unspecified atom stereocenters. The molecule has 2 rings (SSSR count). The first-order chi connectivity index (χ1) is 10.3. The Morgan fingerprint density at radius 1 is 1.39 bits per heavy atom. The van der Waals surface area contributed by atoms with E-state index in [2.05, 4.69) is 32.9 Å². The summed E-state index contributed by atoms with van der Waals surface area (Å²) in [6.07, 6.45) is 1.78. The van der Waals surface area contributed by atoms with E-state index < -0.39 is 15.8 Å². The molecular formula is C14H21BrClFN2O3S. The van der Waals surface area contributed by atoms with Crippen LogP contribution in [0.15, 0.2) is 21.5 Å². The Morgan fingerprint density at radius 3 is 2.57 bits per heavy atom. The molecule has 1 heterocycles. The summed E-state index contributed by atoms with van der Waals surface area (Å²) >= 11 is 3.02. The highest BCUT2D eigenvalue weighted by molar-refractivity contribution is 9.10. The van der Waals surface area contributed by atoms with E-state index in [1.807, 2.05) is 0 Å². The Hall–Kier alpha value is -0.410. The monoisotopic (exact) mass is 430 g/mol. The molecule has 1 aliphatic heterocycles. The Bertz CT molecular complexity index is 652. The third-order valence-electron chi connectivity index (χ3n) is 4.00. The normalized spacial score (nSPS) is 17.4. The van der Waals surface area contributed by atoms with Gasteiger partial charge in [-0.3, -0.25) is 0 Å². The first-order valence-corrected chi connectivity index (χ1v) is 9.28. The zero-order chi connectivity index (χ0) is 16.4. The first-order valence-electron chi connectivity index (χ1n) is 7.01. The number of nitrogens with one attached hydrogen (secondary N) is 2. The van der Waals surface area contributed by atoms with Gasteiger partial charge in [0, 0.05) is 6.54 Å². The van der Waals surface area contributed by atoms with Crippen LogP contribution in [0.4, 0.5) is 4.39 Å². The molecule has 23 heavy (non-hydrogen) atoms. The van der Waals surface area contributed by atoms with Crippen molar-refractivity contribution >= 4 is 38.4 Å². The standard InChI is InChI=1S/C14H20BrFN2O3S.ClH/c1-14(3-5-17-6-4-14)9-18-22(19,20)13-8-11(16)10(15)7-12(13)21-2;/h7-8,17-18H,3-6,9H2,1-2H3;1H. The molecule has 2 N–H and O–H groups in total. The summed E-state index contributed by atoms with van der Waals surface area (Å²) in [6, 6.07) is 2.28. The number of sulfonamides is 1. The van der Waals surface area contributed by atoms with Gasteiger partial charge in [-0.2, -0.15) is 0 Å². The Balaban J connectivity index is 0.00000264. The molecule has 0 bridgehead atoms. The fraction of sp³-hybridized carbons (Fsp3) is 0.571. The Morgan fingerprint density at radius 2 is 2.00 bits per heavy atom. The molecule has 0 atom stereocenters. The summed E-state index contributed by atoms with van der Waals surface area (Å²) in [6.45, 7) is 4.11. The van der Waals surface area contributed by atoms with E-state index in [0.717, 1.165) is 32.0 Å². The van der Waals surface area contributed by atoms with Gasteiger partial charge in [0.05, 0.1) is 11.6 Å². The SMILES string of the molecule is COc1cc(Br)c(F)cc1S(=O)(=O)NCC1(C)CCNCC1.Cl. The van der Waals surface area contributed by atoms with Crippen molar-refractivity contribution in [3.8, 4) is 5.75 Å². The molecule has 0 aromatic heterocycles. The predicted molar refractivity (Wildman–Crippen MR) is 93.3 cm³/mol. The van der Waals surface area contributed by atoms with Crippen LogP contribution in [-0.4, -0.2) is 35.2 Å². The minimum atomic E-state index is -3.84. The van der Waals surface area contributed by atoms with Crippen LogP contribution in [-0.2, 0) is 10.0 Å². The van der Waals surface area contributed by atoms with Crippen LogP contribution in [0.2, 0.25) is 0 Å². The summed E-state index contributed by atoms with van der Waals surface area (Å²) in [7, 11) is -2.48. The van der Waals surface area contributed by atoms with Crippen LogP contribution in [0.1, 0.15) is 19.8 Å². The van der Waals surface area contributed by atoms with Crippen LogP contribution in [0.3, 0.4) is 0 Å². The number of hydrogen-bond acceptors (Lipinski definition) is 4. The maximum absolute atomic E-state index is 13.7. The van der Waals surface area contributed by atoms with Gasteiger partial charge in [0.25, 0.3) is 0 Å². The third-order valence-corrected chi connectivity index (χ3v) is 6.03. The number of rotatable bonds is 5. The van der Waals surface area contributed by atoms with E-state index in [9.17, 15) is 12.8 Å². The van der Waals surface area contributed by atoms with Gasteiger partial charge in [-0.15, -0.1) is 12.4 Å². The van der Waals surface area contributed by atoms with Gasteiger partial charge in [0.2, 0.25) is 10.0 Å². The molecule has 1 fully saturated rings. The fourth-order valence-corrected chi connectivity index (χ4v) is 4.12. The van der Waals surface area contributed by atoms with Crippen LogP contribution >= 0.6 is 28.3 Å². The molecule has 9 heteroatoms. The molecule has 0 spiro atoms. The van der Waals surface area contributed by atoms with Crippen molar-refractivity contribution in [3.05, 3.63) is 22.4 Å². The van der Waals surface area contributed by atoms with Gasteiger partial charge in [-0.25, -0.2) is 17.5 Å². The average molecular weight is 432 g/mol. The van der Waals surface area contributed by atoms with Crippen molar-refractivity contribution in [2.24, 2.45) is 5.41 Å². The average Bonchev–Trinajstić information content (AvgIpc) is 2.48. The van der Waals surface area contributed by atoms with E-state index in [-0.39, 0.29) is 32.9 Å². The van der Waals surface area contributed by atoms with E-state index >= 15 is 0 Å². The van der Waals surface area contributed by atoms with Crippen molar-refractivity contribution in [1.82, 2.24) is 10.0 Å². The lowest BCUT2D eigenvalue weighted by Gasteiger charge is -2.34. The van der Waals surface area contributed by atoms with Gasteiger partial charge in [0.15, 0.2) is 0 Å². The highest BCUT2D eigenvalue weighted by atomic mass is 79.9. The molecular weight excluding hydrogens is 411 g/mol. The summed E-state index contributed by atoms with van der Waals surface area (Å²) in [5.41, 5.74) is -0.0978. The van der Waals surface area contributed by atoms with Crippen LogP contribution < -0.4 is 14.8 Å². The molecule has 0 saturated carbocycles. The quantitative estimate of drug-likeness (QED) is 0.752. The van der Waals surface area contributed by atoms with E-state index in [0.29, 0.717) is 6.54 Å². The molecule has 1 aromatic carbocycles. The minimum Gasteiger partial charge on any atom is -0.495 e. The molecule has 1 aromatic rings. The van der Waals surface area contributed by atoms with Crippen LogP contribution in [0, 0.1) is 11.2 Å². The van der Waals surface area contributed by atoms with Crippen molar-refractivity contribution in [2.45, 2.75) is 24.7 Å². The van der Waals surface area contributed by atoms with E-state index in [1.54, 1.807) is 0 Å². The maximum Gasteiger partial charge on any atom is 0.244 e. The number of piperidine rings is 1. The molecule has 0 amide bonds. The van der Waals surface area contributed by atoms with Crippen LogP contribution in [0.5, 0.6) is 5.75 Å². The zero-order valence-corrected chi connectivity index (χ0v) is 16.2. The smallest absolute Gasteiger partial charge is 0.244 e. The van der Waals surface area contributed by atoms with Crippen molar-refractivity contribution in [3.63, 3.8) is 0 Å². The summed E-state index contributed by atoms with van der Waals surface area (Å²) in [4.78, 5) is -0.187. The van der Waals surface area contributed by atoms with Crippen molar-refractivity contribution in [2.75, 3.05) is 26.7 Å². The fourth-order valence-electron chi connectivity index (χ4n) is 2.43. The number of benzene rings is 1. The van der Waals surface area contributed by atoms with Crippen molar-refractivity contribution < 1.29 is 17.5 Å². The van der Waals surface area contributed by atoms with Gasteiger partial charge >= 0.3 is 0 Å². The lowest BCUT2D eigenvalue weighted by Crippen LogP contribution is -2.42. The second-order valence-electron chi connectivity index (χ2n) is 5.80. The number of ether oxygens (including phenoxy) is 1. The van der Waals surface area contributed by atoms with Crippen LogP contribution in [0.25, 0.3) is 0 Å². The lowest BCUT2D eigenvalue weighted by molar-refractivity contribution is 0.232. The highest BCUT2D eigenvalue weighted by Gasteiger charge is 2.30. The van der Waals surface area contributed by atoms with Gasteiger partial charge in [-0.05, 0) is 59.4 Å². The highest BCUT2D eigenvalue weighted by Crippen LogP contribution is 2.31. The number of methoxy groups -OCH3 is 1. The van der Waals surface area contributed by atoms with Gasteiger partial charge in [-0.1, -0.05) is 6.92 Å². The molecule has 0 aliphatic carbocycles. The van der Waals surface area contributed by atoms with Crippen molar-refractivity contribution in [1.29, 1.82) is 0 Å². The Labute approximate surface area is 151 Å². The molecule has 132 valence electrons. The molecule has 1 aliphatic rings. The molecule has 0 radical (unpaired) electrons. The van der Waals surface area contributed by atoms with E-state index in [1.165, 1.54) is 13.2 Å². The zero-order valence-electron chi connectivity index (χ0n) is 13.0. The van der Waals surface area contributed by atoms with Gasteiger partial charge < -0.3 is 10.1 Å². The van der Waals surface area contributed by atoms with E-state index in [4.69, 9.17) is 4.74 Å². The van der Waals surface area contributed by atoms with Gasteiger partial charge in [0.1, 0.15) is 16.5 Å². The number of halogens is 3. The largest absolute Gasteiger partial charge is 0.495 e. The summed E-state index contributed by atoms with van der Waals surface area (Å²) in [5, 5.41) is 3.25. The topological polar surface area (TPSA) is 67.4 Å². The maximum atomic E-state index is 13.7. The predicted octanol–water partition coefficient (Wildman–Crippen LogP) is 2.69. The Kier molecular flexibility index (Phi) is 7.28. The molecule has 5 nitrogen and oxygen atoms in total. The molecule has 1 saturated heterocycles. The second-order valence-corrected chi connectivity index (χ2v) is 8.39. The summed E-state index contributed by atoms with van der Waals surface area (Å²) < 4.78 is 46.4.